The highest BCUT2D eigenvalue weighted by atomic mass is 32.1. The molecule has 0 spiro atoms. The molecular weight excluding hydrogens is 373 g/mol. The van der Waals surface area contributed by atoms with Crippen LogP contribution in [-0.2, 0) is 16.8 Å². The van der Waals surface area contributed by atoms with Gasteiger partial charge in [-0.2, -0.15) is 13.2 Å². The van der Waals surface area contributed by atoms with E-state index in [1.165, 1.54) is 10.3 Å². The molecule has 4 nitrogen and oxygen atoms in total. The Bertz CT molecular complexity index is 786. The van der Waals surface area contributed by atoms with Crippen molar-refractivity contribution in [2.45, 2.75) is 44.5 Å². The predicted octanol–water partition coefficient (Wildman–Crippen LogP) is 3.80. The zero-order chi connectivity index (χ0) is 18.4. The van der Waals surface area contributed by atoms with Crippen LogP contribution in [0.3, 0.4) is 0 Å². The minimum absolute atomic E-state index is 0.307. The van der Waals surface area contributed by atoms with E-state index in [4.69, 9.17) is 0 Å². The van der Waals surface area contributed by atoms with Gasteiger partial charge in [0.05, 0.1) is 12.5 Å². The summed E-state index contributed by atoms with van der Waals surface area (Å²) in [5.74, 6) is -0.725. The van der Waals surface area contributed by atoms with Crippen molar-refractivity contribution in [2.24, 2.45) is 0 Å². The molecule has 2 aromatic heterocycles. The number of aliphatic hydroxyl groups is 1. The predicted molar refractivity (Wildman–Crippen MR) is 89.6 cm³/mol. The Balaban J connectivity index is 1.87. The van der Waals surface area contributed by atoms with Gasteiger partial charge >= 0.3 is 6.18 Å². The molecule has 0 saturated carbocycles. The second kappa shape index (κ2) is 6.37. The number of carbonyl (C=O) groups excluding carboxylic acids is 1. The maximum atomic E-state index is 13.6. The molecule has 0 saturated heterocycles. The molecule has 0 bridgehead atoms. The lowest BCUT2D eigenvalue weighted by Gasteiger charge is -2.36. The topological polar surface area (TPSA) is 53.4 Å². The van der Waals surface area contributed by atoms with Crippen LogP contribution in [-0.4, -0.2) is 33.6 Å². The van der Waals surface area contributed by atoms with Crippen LogP contribution in [0.5, 0.6) is 0 Å². The molecular formula is C16H17F3N2O2S2. The third-order valence-corrected chi connectivity index (χ3v) is 6.55. The molecule has 136 valence electrons. The SMILES string of the molecule is Cc1csc([C@@](O)(CC(=O)N2CCc3sccc3[C@@H]2C)C(F)(F)F)n1. The molecule has 0 unspecified atom stereocenters. The minimum Gasteiger partial charge on any atom is -0.374 e. The van der Waals surface area contributed by atoms with E-state index in [1.807, 2.05) is 11.4 Å². The summed E-state index contributed by atoms with van der Waals surface area (Å²) >= 11 is 2.30. The summed E-state index contributed by atoms with van der Waals surface area (Å²) < 4.78 is 40.7. The Hall–Kier alpha value is -1.45. The Morgan fingerprint density at radius 1 is 1.44 bits per heavy atom. The Morgan fingerprint density at radius 3 is 2.76 bits per heavy atom. The summed E-state index contributed by atoms with van der Waals surface area (Å²) in [7, 11) is 0. The highest BCUT2D eigenvalue weighted by molar-refractivity contribution is 7.10. The summed E-state index contributed by atoms with van der Waals surface area (Å²) in [6.07, 6.45) is -5.43. The molecule has 1 N–H and O–H groups in total. The van der Waals surface area contributed by atoms with Crippen molar-refractivity contribution in [2.75, 3.05) is 6.54 Å². The van der Waals surface area contributed by atoms with Gasteiger partial charge in [0, 0.05) is 22.5 Å². The van der Waals surface area contributed by atoms with Crippen LogP contribution < -0.4 is 0 Å². The maximum absolute atomic E-state index is 13.6. The van der Waals surface area contributed by atoms with Gasteiger partial charge in [-0.3, -0.25) is 4.79 Å². The van der Waals surface area contributed by atoms with Crippen LogP contribution in [0, 0.1) is 6.92 Å². The van der Waals surface area contributed by atoms with Crippen molar-refractivity contribution < 1.29 is 23.1 Å². The van der Waals surface area contributed by atoms with Crippen molar-refractivity contribution in [3.63, 3.8) is 0 Å². The molecule has 1 aliphatic heterocycles. The van der Waals surface area contributed by atoms with Crippen LogP contribution >= 0.6 is 22.7 Å². The minimum atomic E-state index is -4.99. The van der Waals surface area contributed by atoms with Gasteiger partial charge in [0.25, 0.3) is 0 Å². The highest BCUT2D eigenvalue weighted by Crippen LogP contribution is 2.44. The first-order chi connectivity index (χ1) is 11.6. The molecule has 9 heteroatoms. The van der Waals surface area contributed by atoms with E-state index in [1.54, 1.807) is 25.2 Å². The van der Waals surface area contributed by atoms with Gasteiger partial charge in [0.1, 0.15) is 5.01 Å². The number of aryl methyl sites for hydroxylation is 1. The number of halogens is 3. The van der Waals surface area contributed by atoms with Crippen molar-refractivity contribution in [1.29, 1.82) is 0 Å². The largest absolute Gasteiger partial charge is 0.424 e. The van der Waals surface area contributed by atoms with Crippen molar-refractivity contribution in [1.82, 2.24) is 9.88 Å². The van der Waals surface area contributed by atoms with Gasteiger partial charge in [-0.25, -0.2) is 4.98 Å². The second-order valence-electron chi connectivity index (χ2n) is 6.14. The fraction of sp³-hybridized carbons (Fsp3) is 0.500. The molecule has 3 rings (SSSR count). The standard InChI is InChI=1S/C16H17F3N2O2S2/c1-9-8-25-14(20-9)15(23,16(17,18)19)7-13(22)21-5-3-12-11(10(21)2)4-6-24-12/h4,6,8,10,23H,3,5,7H2,1-2H3/t10-,15-/m0/s1. The summed E-state index contributed by atoms with van der Waals surface area (Å²) in [5.41, 5.74) is -1.92. The fourth-order valence-electron chi connectivity index (χ4n) is 3.01. The van der Waals surface area contributed by atoms with E-state index in [9.17, 15) is 23.1 Å². The molecule has 0 aliphatic carbocycles. The van der Waals surface area contributed by atoms with E-state index >= 15 is 0 Å². The quantitative estimate of drug-likeness (QED) is 0.867. The number of fused-ring (bicyclic) bond motifs is 1. The van der Waals surface area contributed by atoms with E-state index in [0.717, 1.165) is 10.4 Å². The third kappa shape index (κ3) is 3.20. The highest BCUT2D eigenvalue weighted by Gasteiger charge is 2.58. The van der Waals surface area contributed by atoms with E-state index in [0.29, 0.717) is 30.0 Å². The molecule has 1 aliphatic rings. The first kappa shape index (κ1) is 18.3. The van der Waals surface area contributed by atoms with Gasteiger partial charge in [-0.15, -0.1) is 22.7 Å². The molecule has 0 aromatic carbocycles. The van der Waals surface area contributed by atoms with Crippen LogP contribution in [0.2, 0.25) is 0 Å². The maximum Gasteiger partial charge on any atom is 0.424 e. The number of nitrogens with zero attached hydrogens (tertiary/aromatic N) is 2. The number of carbonyl (C=O) groups is 1. The molecule has 0 fully saturated rings. The Labute approximate surface area is 150 Å². The number of hydrogen-bond donors (Lipinski definition) is 1. The van der Waals surface area contributed by atoms with Gasteiger partial charge in [-0.05, 0) is 37.3 Å². The molecule has 3 heterocycles. The average Bonchev–Trinajstić information content (AvgIpc) is 3.15. The van der Waals surface area contributed by atoms with E-state index in [-0.39, 0.29) is 6.04 Å². The van der Waals surface area contributed by atoms with E-state index < -0.39 is 29.1 Å². The molecule has 25 heavy (non-hydrogen) atoms. The number of thiophene rings is 1. The Kier molecular flexibility index (Phi) is 4.67. The Morgan fingerprint density at radius 2 is 2.16 bits per heavy atom. The zero-order valence-electron chi connectivity index (χ0n) is 13.6. The van der Waals surface area contributed by atoms with E-state index in [2.05, 4.69) is 4.98 Å². The van der Waals surface area contributed by atoms with Crippen LogP contribution in [0.25, 0.3) is 0 Å². The first-order valence-electron chi connectivity index (χ1n) is 7.71. The van der Waals surface area contributed by atoms with Gasteiger partial charge in [-0.1, -0.05) is 0 Å². The third-order valence-electron chi connectivity index (χ3n) is 4.45. The van der Waals surface area contributed by atoms with Crippen molar-refractivity contribution in [3.8, 4) is 0 Å². The first-order valence-corrected chi connectivity index (χ1v) is 9.47. The van der Waals surface area contributed by atoms with Crippen LogP contribution in [0.4, 0.5) is 13.2 Å². The van der Waals surface area contributed by atoms with Gasteiger partial charge in [0.2, 0.25) is 11.5 Å². The summed E-state index contributed by atoms with van der Waals surface area (Å²) in [6, 6.07) is 1.59. The summed E-state index contributed by atoms with van der Waals surface area (Å²) in [5, 5.41) is 13.2. The number of rotatable bonds is 3. The number of alkyl halides is 3. The van der Waals surface area contributed by atoms with Gasteiger partial charge < -0.3 is 10.0 Å². The van der Waals surface area contributed by atoms with Crippen LogP contribution in [0.1, 0.15) is 40.5 Å². The smallest absolute Gasteiger partial charge is 0.374 e. The second-order valence-corrected chi connectivity index (χ2v) is 8.00. The normalized spacial score (nSPS) is 20.2. The fourth-order valence-corrected chi connectivity index (χ4v) is 4.89. The molecule has 1 amide bonds. The summed E-state index contributed by atoms with van der Waals surface area (Å²) in [6.45, 7) is 3.69. The summed E-state index contributed by atoms with van der Waals surface area (Å²) in [4.78, 5) is 19.0. The lowest BCUT2D eigenvalue weighted by molar-refractivity contribution is -0.268. The molecule has 2 atom stereocenters. The average molecular weight is 390 g/mol. The monoisotopic (exact) mass is 390 g/mol. The van der Waals surface area contributed by atoms with Crippen molar-refractivity contribution in [3.05, 3.63) is 38.0 Å². The number of hydrogen-bond acceptors (Lipinski definition) is 5. The zero-order valence-corrected chi connectivity index (χ0v) is 15.3. The van der Waals surface area contributed by atoms with Crippen LogP contribution in [0.15, 0.2) is 16.8 Å². The van der Waals surface area contributed by atoms with Crippen molar-refractivity contribution >= 4 is 28.6 Å². The lowest BCUT2D eigenvalue weighted by atomic mass is 9.95. The number of thiazole rings is 1. The number of amides is 1. The van der Waals surface area contributed by atoms with Gasteiger partial charge in [0.15, 0.2) is 0 Å². The molecule has 2 aromatic rings. The number of aromatic nitrogens is 1. The lowest BCUT2D eigenvalue weighted by Crippen LogP contribution is -2.48. The molecule has 0 radical (unpaired) electrons.